The molecule has 0 amide bonds. The van der Waals surface area contributed by atoms with Crippen LogP contribution < -0.4 is 5.73 Å². The maximum absolute atomic E-state index is 13.4. The Morgan fingerprint density at radius 1 is 0.824 bits per heavy atom. The summed E-state index contributed by atoms with van der Waals surface area (Å²) in [6, 6.07) is 26.4. The smallest absolute Gasteiger partial charge is 0.352 e. The fourth-order valence-corrected chi connectivity index (χ4v) is 5.69. The molecule has 3 N–H and O–H groups in total. The minimum atomic E-state index is -3.75. The van der Waals surface area contributed by atoms with Gasteiger partial charge in [0.15, 0.2) is 0 Å². The third-order valence-corrected chi connectivity index (χ3v) is 7.79. The Balaban J connectivity index is 1.73. The Kier molecular flexibility index (Phi) is 5.43. The predicted octanol–water partition coefficient (Wildman–Crippen LogP) is 4.83. The lowest BCUT2D eigenvalue weighted by molar-refractivity contribution is 0.0686. The van der Waals surface area contributed by atoms with Crippen LogP contribution in [0.2, 0.25) is 0 Å². The molecule has 0 aliphatic heterocycles. The number of rotatable bonds is 6. The van der Waals surface area contributed by atoms with Gasteiger partial charge in [0.25, 0.3) is 0 Å². The molecule has 7 heteroatoms. The summed E-state index contributed by atoms with van der Waals surface area (Å²) in [7, 11) is -3.75. The van der Waals surface area contributed by atoms with E-state index in [2.05, 4.69) is 0 Å². The number of hydrogen-bond donors (Lipinski definition) is 2. The zero-order valence-corrected chi connectivity index (χ0v) is 19.0. The number of carboxylic acid groups (broad SMARTS) is 1. The van der Waals surface area contributed by atoms with Crippen LogP contribution in [0, 0.1) is 0 Å². The molecule has 0 unspecified atom stereocenters. The predicted molar refractivity (Wildman–Crippen MR) is 132 cm³/mol. The Hall–Kier alpha value is -3.94. The highest BCUT2D eigenvalue weighted by Crippen LogP contribution is 2.30. The van der Waals surface area contributed by atoms with Crippen LogP contribution in [0.5, 0.6) is 0 Å². The molecule has 0 radical (unpaired) electrons. The van der Waals surface area contributed by atoms with Crippen molar-refractivity contribution in [2.75, 3.05) is 0 Å². The van der Waals surface area contributed by atoms with Gasteiger partial charge in [0.05, 0.1) is 9.79 Å². The fraction of sp³-hybridized carbons (Fsp3) is 0.0741. The maximum atomic E-state index is 13.4. The van der Waals surface area contributed by atoms with Crippen molar-refractivity contribution >= 4 is 37.5 Å². The molecule has 0 spiro atoms. The maximum Gasteiger partial charge on any atom is 0.352 e. The van der Waals surface area contributed by atoms with E-state index in [0.29, 0.717) is 12.1 Å². The van der Waals surface area contributed by atoms with E-state index in [0.717, 1.165) is 27.2 Å². The normalized spacial score (nSPS) is 11.8. The number of sulfone groups is 1. The molecule has 0 saturated carbocycles. The van der Waals surface area contributed by atoms with Crippen molar-refractivity contribution in [1.29, 1.82) is 0 Å². The second-order valence-electron chi connectivity index (χ2n) is 8.14. The highest BCUT2D eigenvalue weighted by atomic mass is 32.2. The molecule has 0 saturated heterocycles. The van der Waals surface area contributed by atoms with Gasteiger partial charge < -0.3 is 15.4 Å². The summed E-state index contributed by atoms with van der Waals surface area (Å²) in [4.78, 5) is 12.4. The number of nitrogens with zero attached hydrogens (tertiary/aromatic N) is 1. The summed E-state index contributed by atoms with van der Waals surface area (Å²) < 4.78 is 28.5. The van der Waals surface area contributed by atoms with Crippen LogP contribution in [0.1, 0.15) is 21.6 Å². The third-order valence-electron chi connectivity index (χ3n) is 6.04. The second-order valence-corrected chi connectivity index (χ2v) is 10.1. The van der Waals surface area contributed by atoms with Gasteiger partial charge in [-0.2, -0.15) is 0 Å². The number of hydrogen-bond acceptors (Lipinski definition) is 4. The number of benzene rings is 4. The van der Waals surface area contributed by atoms with Crippen molar-refractivity contribution in [3.63, 3.8) is 0 Å². The van der Waals surface area contributed by atoms with Crippen LogP contribution >= 0.6 is 0 Å². The molecule has 170 valence electrons. The SMILES string of the molecule is NCc1ccc2cc(C(=O)O)n(Cc3cc(S(=O)(=O)c4ccccc4)cc4ccccc34)c2c1. The molecule has 0 atom stereocenters. The number of aromatic nitrogens is 1. The molecule has 0 bridgehead atoms. The van der Waals surface area contributed by atoms with Gasteiger partial charge in [0.1, 0.15) is 5.69 Å². The van der Waals surface area contributed by atoms with Gasteiger partial charge in [-0.3, -0.25) is 0 Å². The van der Waals surface area contributed by atoms with Gasteiger partial charge >= 0.3 is 5.97 Å². The molecule has 0 aliphatic rings. The molecular formula is C27H22N2O4S. The minimum absolute atomic E-state index is 0.129. The third kappa shape index (κ3) is 3.75. The van der Waals surface area contributed by atoms with Crippen LogP contribution in [-0.4, -0.2) is 24.1 Å². The molecule has 1 heterocycles. The van der Waals surface area contributed by atoms with Crippen molar-refractivity contribution < 1.29 is 18.3 Å². The number of aromatic carboxylic acids is 1. The number of nitrogens with two attached hydrogens (primary N) is 1. The van der Waals surface area contributed by atoms with Crippen LogP contribution in [0.15, 0.2) is 101 Å². The van der Waals surface area contributed by atoms with Crippen molar-refractivity contribution in [3.05, 3.63) is 108 Å². The summed E-state index contributed by atoms with van der Waals surface area (Å²) in [6.07, 6.45) is 0. The van der Waals surface area contributed by atoms with Gasteiger partial charge in [-0.15, -0.1) is 0 Å². The lowest BCUT2D eigenvalue weighted by Crippen LogP contribution is -2.11. The zero-order chi connectivity index (χ0) is 23.9. The van der Waals surface area contributed by atoms with Gasteiger partial charge in [0, 0.05) is 24.0 Å². The average Bonchev–Trinajstić information content (AvgIpc) is 3.22. The second kappa shape index (κ2) is 8.44. The first-order valence-corrected chi connectivity index (χ1v) is 12.2. The van der Waals surface area contributed by atoms with E-state index in [1.54, 1.807) is 53.1 Å². The summed E-state index contributed by atoms with van der Waals surface area (Å²) in [5.41, 5.74) is 8.28. The van der Waals surface area contributed by atoms with E-state index in [1.165, 1.54) is 0 Å². The Morgan fingerprint density at radius 3 is 2.29 bits per heavy atom. The average molecular weight is 471 g/mol. The Bertz CT molecular complexity index is 1660. The van der Waals surface area contributed by atoms with E-state index in [-0.39, 0.29) is 22.0 Å². The van der Waals surface area contributed by atoms with Crippen LogP contribution in [0.25, 0.3) is 21.7 Å². The summed E-state index contributed by atoms with van der Waals surface area (Å²) >= 11 is 0. The van der Waals surface area contributed by atoms with Crippen LogP contribution in [-0.2, 0) is 22.9 Å². The van der Waals surface area contributed by atoms with Crippen molar-refractivity contribution in [1.82, 2.24) is 4.57 Å². The first kappa shape index (κ1) is 21.9. The number of carboxylic acids is 1. The van der Waals surface area contributed by atoms with E-state index < -0.39 is 15.8 Å². The standard InChI is InChI=1S/C27H22N2O4S/c28-16-18-10-11-20-15-26(27(30)31)29(25(20)12-18)17-21-14-23(13-19-6-4-5-9-24(19)21)34(32,33)22-7-2-1-3-8-22/h1-15H,16-17,28H2,(H,30,31). The van der Waals surface area contributed by atoms with Gasteiger partial charge in [0.2, 0.25) is 9.84 Å². The van der Waals surface area contributed by atoms with E-state index >= 15 is 0 Å². The molecule has 5 aromatic rings. The lowest BCUT2D eigenvalue weighted by Gasteiger charge is -2.14. The first-order valence-electron chi connectivity index (χ1n) is 10.8. The Labute approximate surface area is 196 Å². The van der Waals surface area contributed by atoms with Crippen LogP contribution in [0.4, 0.5) is 0 Å². The summed E-state index contributed by atoms with van der Waals surface area (Å²) in [5.74, 6) is -1.05. The van der Waals surface area contributed by atoms with Crippen molar-refractivity contribution in [3.8, 4) is 0 Å². The number of fused-ring (bicyclic) bond motifs is 2. The van der Waals surface area contributed by atoms with E-state index in [9.17, 15) is 18.3 Å². The molecule has 1 aromatic heterocycles. The van der Waals surface area contributed by atoms with Crippen molar-refractivity contribution in [2.24, 2.45) is 5.73 Å². The zero-order valence-electron chi connectivity index (χ0n) is 18.2. The molecule has 4 aromatic carbocycles. The largest absolute Gasteiger partial charge is 0.477 e. The minimum Gasteiger partial charge on any atom is -0.477 e. The highest BCUT2D eigenvalue weighted by molar-refractivity contribution is 7.91. The topological polar surface area (TPSA) is 102 Å². The van der Waals surface area contributed by atoms with E-state index in [1.807, 2.05) is 42.5 Å². The van der Waals surface area contributed by atoms with Crippen LogP contribution in [0.3, 0.4) is 0 Å². The molecule has 0 aliphatic carbocycles. The van der Waals surface area contributed by atoms with Gasteiger partial charge in [-0.25, -0.2) is 13.2 Å². The quantitative estimate of drug-likeness (QED) is 0.370. The summed E-state index contributed by atoms with van der Waals surface area (Å²) in [5, 5.41) is 12.3. The van der Waals surface area contributed by atoms with Gasteiger partial charge in [-0.05, 0) is 58.3 Å². The highest BCUT2D eigenvalue weighted by Gasteiger charge is 2.21. The fourth-order valence-electron chi connectivity index (χ4n) is 4.33. The number of carbonyl (C=O) groups is 1. The molecule has 34 heavy (non-hydrogen) atoms. The molecule has 5 rings (SSSR count). The van der Waals surface area contributed by atoms with Gasteiger partial charge in [-0.1, -0.05) is 54.6 Å². The Morgan fingerprint density at radius 2 is 1.56 bits per heavy atom. The molecule has 6 nitrogen and oxygen atoms in total. The van der Waals surface area contributed by atoms with Crippen molar-refractivity contribution in [2.45, 2.75) is 22.9 Å². The van der Waals surface area contributed by atoms with E-state index in [4.69, 9.17) is 5.73 Å². The summed E-state index contributed by atoms with van der Waals surface area (Å²) in [6.45, 7) is 0.523. The monoisotopic (exact) mass is 470 g/mol. The molecular weight excluding hydrogens is 448 g/mol. The molecule has 0 fully saturated rings. The first-order chi connectivity index (χ1) is 16.4. The lowest BCUT2D eigenvalue weighted by atomic mass is 10.0.